The number of carbonyl (C=O) groups excluding carboxylic acids is 1. The fraction of sp³-hybridized carbons (Fsp3) is 0.364. The normalized spacial score (nSPS) is 12.4. The van der Waals surface area contributed by atoms with Crippen molar-refractivity contribution in [3.05, 3.63) is 33.5 Å². The molecule has 7 heteroatoms. The van der Waals surface area contributed by atoms with Gasteiger partial charge in [-0.3, -0.25) is 9.48 Å². The SMILES string of the molecule is CC[C@@H](NC(=O)c1ccc(Cl)s1)c1ncnn1C. The van der Waals surface area contributed by atoms with E-state index in [1.165, 1.54) is 17.7 Å². The van der Waals surface area contributed by atoms with Crippen molar-refractivity contribution in [3.8, 4) is 0 Å². The van der Waals surface area contributed by atoms with Crippen molar-refractivity contribution in [2.75, 3.05) is 0 Å². The van der Waals surface area contributed by atoms with E-state index in [4.69, 9.17) is 11.6 Å². The van der Waals surface area contributed by atoms with Crippen LogP contribution >= 0.6 is 22.9 Å². The van der Waals surface area contributed by atoms with Crippen molar-refractivity contribution in [2.24, 2.45) is 7.05 Å². The summed E-state index contributed by atoms with van der Waals surface area (Å²) in [7, 11) is 1.80. The van der Waals surface area contributed by atoms with Crippen molar-refractivity contribution >= 4 is 28.8 Å². The van der Waals surface area contributed by atoms with Crippen LogP contribution in [0.25, 0.3) is 0 Å². The van der Waals surface area contributed by atoms with Gasteiger partial charge in [0.1, 0.15) is 12.2 Å². The number of aryl methyl sites for hydroxylation is 1. The molecule has 2 aromatic rings. The number of aromatic nitrogens is 3. The number of thiophene rings is 1. The second-order valence-corrected chi connectivity index (χ2v) is 5.49. The number of amides is 1. The van der Waals surface area contributed by atoms with Gasteiger partial charge in [-0.1, -0.05) is 18.5 Å². The summed E-state index contributed by atoms with van der Waals surface area (Å²) in [5.74, 6) is 0.607. The predicted molar refractivity (Wildman–Crippen MR) is 70.8 cm³/mol. The molecule has 1 amide bonds. The van der Waals surface area contributed by atoms with E-state index >= 15 is 0 Å². The Balaban J connectivity index is 2.12. The van der Waals surface area contributed by atoms with E-state index < -0.39 is 0 Å². The third-order valence-electron chi connectivity index (χ3n) is 2.57. The molecule has 0 aliphatic carbocycles. The highest BCUT2D eigenvalue weighted by atomic mass is 35.5. The lowest BCUT2D eigenvalue weighted by Crippen LogP contribution is -2.29. The third kappa shape index (κ3) is 2.70. The summed E-state index contributed by atoms with van der Waals surface area (Å²) in [6.07, 6.45) is 2.23. The molecule has 96 valence electrons. The zero-order chi connectivity index (χ0) is 13.1. The molecule has 0 radical (unpaired) electrons. The quantitative estimate of drug-likeness (QED) is 0.938. The van der Waals surface area contributed by atoms with Crippen LogP contribution in [0.5, 0.6) is 0 Å². The van der Waals surface area contributed by atoms with Crippen LogP contribution in [-0.2, 0) is 7.05 Å². The molecule has 1 atom stereocenters. The van der Waals surface area contributed by atoms with Crippen LogP contribution in [0.15, 0.2) is 18.5 Å². The van der Waals surface area contributed by atoms with Crippen LogP contribution in [0.2, 0.25) is 4.34 Å². The van der Waals surface area contributed by atoms with Gasteiger partial charge in [-0.25, -0.2) is 4.98 Å². The van der Waals surface area contributed by atoms with E-state index in [1.807, 2.05) is 6.92 Å². The minimum atomic E-state index is -0.147. The Kier molecular flexibility index (Phi) is 3.98. The summed E-state index contributed by atoms with van der Waals surface area (Å²) in [4.78, 5) is 16.8. The molecular formula is C11H13ClN4OS. The van der Waals surface area contributed by atoms with E-state index in [1.54, 1.807) is 23.9 Å². The van der Waals surface area contributed by atoms with Gasteiger partial charge < -0.3 is 5.32 Å². The number of hydrogen-bond acceptors (Lipinski definition) is 4. The van der Waals surface area contributed by atoms with Crippen LogP contribution < -0.4 is 5.32 Å². The van der Waals surface area contributed by atoms with Crippen LogP contribution in [0.1, 0.15) is 34.9 Å². The number of rotatable bonds is 4. The zero-order valence-electron chi connectivity index (χ0n) is 10.1. The molecular weight excluding hydrogens is 272 g/mol. The molecule has 18 heavy (non-hydrogen) atoms. The molecule has 0 aliphatic rings. The Morgan fingerprint density at radius 3 is 2.89 bits per heavy atom. The first-order chi connectivity index (χ1) is 8.61. The summed E-state index contributed by atoms with van der Waals surface area (Å²) in [6, 6.07) is 3.28. The Labute approximate surface area is 114 Å². The molecule has 0 saturated carbocycles. The van der Waals surface area contributed by atoms with E-state index in [-0.39, 0.29) is 11.9 Å². The van der Waals surface area contributed by atoms with Gasteiger partial charge in [0, 0.05) is 7.05 Å². The predicted octanol–water partition coefficient (Wildman–Crippen LogP) is 2.41. The minimum Gasteiger partial charge on any atom is -0.341 e. The Morgan fingerprint density at radius 2 is 2.39 bits per heavy atom. The molecule has 0 bridgehead atoms. The Morgan fingerprint density at radius 1 is 1.61 bits per heavy atom. The van der Waals surface area contributed by atoms with Crippen molar-refractivity contribution in [1.82, 2.24) is 20.1 Å². The Hall–Kier alpha value is -1.40. The summed E-state index contributed by atoms with van der Waals surface area (Å²) in [5.41, 5.74) is 0. The van der Waals surface area contributed by atoms with Gasteiger partial charge in [0.15, 0.2) is 0 Å². The third-order valence-corrected chi connectivity index (χ3v) is 3.80. The standard InChI is InChI=1S/C11H13ClN4OS/c1-3-7(10-13-6-14-16(10)2)15-11(17)8-4-5-9(12)18-8/h4-7H,3H2,1-2H3,(H,15,17)/t7-/m1/s1. The lowest BCUT2D eigenvalue weighted by Gasteiger charge is -2.15. The fourth-order valence-electron chi connectivity index (χ4n) is 1.64. The molecule has 0 aromatic carbocycles. The maximum Gasteiger partial charge on any atom is 0.261 e. The van der Waals surface area contributed by atoms with E-state index in [0.29, 0.717) is 9.21 Å². The second-order valence-electron chi connectivity index (χ2n) is 3.78. The van der Waals surface area contributed by atoms with Crippen LogP contribution in [0, 0.1) is 0 Å². The van der Waals surface area contributed by atoms with E-state index in [0.717, 1.165) is 12.2 Å². The van der Waals surface area contributed by atoms with Gasteiger partial charge in [-0.2, -0.15) is 5.10 Å². The average molecular weight is 285 g/mol. The lowest BCUT2D eigenvalue weighted by atomic mass is 10.2. The van der Waals surface area contributed by atoms with Crippen molar-refractivity contribution < 1.29 is 4.79 Å². The maximum atomic E-state index is 12.0. The average Bonchev–Trinajstić information content (AvgIpc) is 2.95. The minimum absolute atomic E-state index is 0.137. The molecule has 0 aliphatic heterocycles. The number of carbonyl (C=O) groups is 1. The number of nitrogens with one attached hydrogen (secondary N) is 1. The van der Waals surface area contributed by atoms with Crippen molar-refractivity contribution in [1.29, 1.82) is 0 Å². The molecule has 2 heterocycles. The molecule has 2 aromatic heterocycles. The number of halogens is 1. The monoisotopic (exact) mass is 284 g/mol. The van der Waals surface area contributed by atoms with Crippen molar-refractivity contribution in [2.45, 2.75) is 19.4 Å². The van der Waals surface area contributed by atoms with Gasteiger partial charge in [0.05, 0.1) is 15.3 Å². The number of hydrogen-bond donors (Lipinski definition) is 1. The smallest absolute Gasteiger partial charge is 0.261 e. The van der Waals surface area contributed by atoms with Crippen LogP contribution in [0.4, 0.5) is 0 Å². The topological polar surface area (TPSA) is 59.8 Å². The first-order valence-electron chi connectivity index (χ1n) is 5.52. The highest BCUT2D eigenvalue weighted by molar-refractivity contribution is 7.17. The molecule has 0 fully saturated rings. The molecule has 0 spiro atoms. The molecule has 0 unspecified atom stereocenters. The summed E-state index contributed by atoms with van der Waals surface area (Å²) < 4.78 is 2.27. The zero-order valence-corrected chi connectivity index (χ0v) is 11.6. The van der Waals surface area contributed by atoms with Gasteiger partial charge >= 0.3 is 0 Å². The van der Waals surface area contributed by atoms with Gasteiger partial charge in [0.2, 0.25) is 0 Å². The highest BCUT2D eigenvalue weighted by Gasteiger charge is 2.18. The van der Waals surface area contributed by atoms with Crippen LogP contribution in [0.3, 0.4) is 0 Å². The van der Waals surface area contributed by atoms with Gasteiger partial charge in [0.25, 0.3) is 5.91 Å². The molecule has 1 N–H and O–H groups in total. The molecule has 0 saturated heterocycles. The maximum absolute atomic E-state index is 12.0. The summed E-state index contributed by atoms with van der Waals surface area (Å²) >= 11 is 7.07. The highest BCUT2D eigenvalue weighted by Crippen LogP contribution is 2.22. The molecule has 5 nitrogen and oxygen atoms in total. The number of nitrogens with zero attached hydrogens (tertiary/aromatic N) is 3. The first kappa shape index (κ1) is 13.0. The summed E-state index contributed by atoms with van der Waals surface area (Å²) in [6.45, 7) is 1.99. The largest absolute Gasteiger partial charge is 0.341 e. The second kappa shape index (κ2) is 5.49. The van der Waals surface area contributed by atoms with Gasteiger partial charge in [-0.15, -0.1) is 11.3 Å². The molecule has 2 rings (SSSR count). The lowest BCUT2D eigenvalue weighted by molar-refractivity contribution is 0.0937. The van der Waals surface area contributed by atoms with Crippen LogP contribution in [-0.4, -0.2) is 20.7 Å². The van der Waals surface area contributed by atoms with E-state index in [2.05, 4.69) is 15.4 Å². The first-order valence-corrected chi connectivity index (χ1v) is 6.71. The van der Waals surface area contributed by atoms with Gasteiger partial charge in [-0.05, 0) is 18.6 Å². The van der Waals surface area contributed by atoms with E-state index in [9.17, 15) is 4.79 Å². The van der Waals surface area contributed by atoms with Crippen molar-refractivity contribution in [3.63, 3.8) is 0 Å². The Bertz CT molecular complexity index is 551. The summed E-state index contributed by atoms with van der Waals surface area (Å²) in [5, 5.41) is 6.93. The fourth-order valence-corrected chi connectivity index (χ4v) is 2.58.